The largest absolute Gasteiger partial charge is 0.456 e. The maximum atomic E-state index is 13.5. The van der Waals surface area contributed by atoms with E-state index in [0.717, 1.165) is 5.56 Å². The highest BCUT2D eigenvalue weighted by atomic mass is 19.1. The van der Waals surface area contributed by atoms with Crippen LogP contribution in [0.15, 0.2) is 42.5 Å². The first-order valence-electron chi connectivity index (χ1n) is 6.08. The molecule has 19 heavy (non-hydrogen) atoms. The molecule has 96 valence electrons. The Hall–Kier alpha value is -2.34. The first-order chi connectivity index (χ1) is 9.11. The van der Waals surface area contributed by atoms with Crippen LogP contribution >= 0.6 is 0 Å². The molecule has 2 aromatic rings. The van der Waals surface area contributed by atoms with E-state index in [1.165, 1.54) is 12.1 Å². The second-order valence-electron chi connectivity index (χ2n) is 4.55. The fourth-order valence-electron chi connectivity index (χ4n) is 1.76. The molecule has 0 unspecified atom stereocenters. The molecule has 0 N–H and O–H groups in total. The predicted octanol–water partition coefficient (Wildman–Crippen LogP) is 4.61. The van der Waals surface area contributed by atoms with Crippen molar-refractivity contribution in [2.45, 2.75) is 19.8 Å². The molecular formula is C16H14FNO. The van der Waals surface area contributed by atoms with Crippen LogP contribution in [0.4, 0.5) is 4.39 Å². The second kappa shape index (κ2) is 5.53. The SMILES string of the molecule is CC(C)c1cccc(Oc2cccc(F)c2C#N)c1. The highest BCUT2D eigenvalue weighted by Crippen LogP contribution is 2.28. The molecule has 3 heteroatoms. The number of hydrogen-bond donors (Lipinski definition) is 0. The summed E-state index contributed by atoms with van der Waals surface area (Å²) in [6.45, 7) is 4.17. The molecule has 0 saturated carbocycles. The summed E-state index contributed by atoms with van der Waals surface area (Å²) in [5, 5.41) is 8.95. The van der Waals surface area contributed by atoms with E-state index in [-0.39, 0.29) is 11.3 Å². The molecule has 0 atom stereocenters. The summed E-state index contributed by atoms with van der Waals surface area (Å²) in [5.74, 6) is 0.656. The van der Waals surface area contributed by atoms with Crippen LogP contribution in [0.3, 0.4) is 0 Å². The zero-order chi connectivity index (χ0) is 13.8. The molecule has 0 radical (unpaired) electrons. The standard InChI is InChI=1S/C16H14FNO/c1-11(2)12-5-3-6-13(9-12)19-16-8-4-7-15(17)14(16)10-18/h3-9,11H,1-2H3. The van der Waals surface area contributed by atoms with Gasteiger partial charge in [-0.3, -0.25) is 0 Å². The molecule has 2 nitrogen and oxygen atoms in total. The van der Waals surface area contributed by atoms with Crippen molar-refractivity contribution in [3.8, 4) is 17.6 Å². The number of rotatable bonds is 3. The van der Waals surface area contributed by atoms with Gasteiger partial charge in [0.25, 0.3) is 0 Å². The number of hydrogen-bond acceptors (Lipinski definition) is 2. The van der Waals surface area contributed by atoms with E-state index >= 15 is 0 Å². The van der Waals surface area contributed by atoms with E-state index in [2.05, 4.69) is 13.8 Å². The van der Waals surface area contributed by atoms with E-state index in [1.807, 2.05) is 24.3 Å². The van der Waals surface area contributed by atoms with Crippen LogP contribution in [0.5, 0.6) is 11.5 Å². The minimum Gasteiger partial charge on any atom is -0.456 e. The van der Waals surface area contributed by atoms with Gasteiger partial charge in [0.2, 0.25) is 0 Å². The fraction of sp³-hybridized carbons (Fsp3) is 0.188. The Morgan fingerprint density at radius 2 is 1.89 bits per heavy atom. The van der Waals surface area contributed by atoms with Crippen molar-refractivity contribution in [1.29, 1.82) is 5.26 Å². The molecule has 2 aromatic carbocycles. The summed E-state index contributed by atoms with van der Waals surface area (Å²) in [6.07, 6.45) is 0. The van der Waals surface area contributed by atoms with Gasteiger partial charge in [-0.05, 0) is 35.7 Å². The molecule has 0 fully saturated rings. The van der Waals surface area contributed by atoms with Crippen molar-refractivity contribution in [2.75, 3.05) is 0 Å². The highest BCUT2D eigenvalue weighted by Gasteiger charge is 2.10. The summed E-state index contributed by atoms with van der Waals surface area (Å²) >= 11 is 0. The minimum atomic E-state index is -0.569. The van der Waals surface area contributed by atoms with Crippen LogP contribution < -0.4 is 4.74 Å². The van der Waals surface area contributed by atoms with Crippen LogP contribution in [-0.4, -0.2) is 0 Å². The topological polar surface area (TPSA) is 33.0 Å². The van der Waals surface area contributed by atoms with E-state index in [0.29, 0.717) is 11.7 Å². The maximum Gasteiger partial charge on any atom is 0.148 e. The zero-order valence-electron chi connectivity index (χ0n) is 10.9. The zero-order valence-corrected chi connectivity index (χ0v) is 10.9. The van der Waals surface area contributed by atoms with Gasteiger partial charge >= 0.3 is 0 Å². The maximum absolute atomic E-state index is 13.5. The Morgan fingerprint density at radius 1 is 1.16 bits per heavy atom. The quantitative estimate of drug-likeness (QED) is 0.802. The average molecular weight is 255 g/mol. The molecule has 0 aliphatic heterocycles. The monoisotopic (exact) mass is 255 g/mol. The number of halogens is 1. The van der Waals surface area contributed by atoms with Crippen LogP contribution in [-0.2, 0) is 0 Å². The lowest BCUT2D eigenvalue weighted by Gasteiger charge is -2.10. The normalized spacial score (nSPS) is 10.3. The first kappa shape index (κ1) is 13.1. The number of nitriles is 1. The predicted molar refractivity (Wildman–Crippen MR) is 71.7 cm³/mol. The summed E-state index contributed by atoms with van der Waals surface area (Å²) in [6, 6.07) is 13.8. The van der Waals surface area contributed by atoms with E-state index in [1.54, 1.807) is 12.1 Å². The molecule has 0 amide bonds. The molecule has 0 aliphatic carbocycles. The average Bonchev–Trinajstić information content (AvgIpc) is 2.39. The lowest BCUT2D eigenvalue weighted by atomic mass is 10.0. The molecule has 0 aliphatic rings. The third-order valence-electron chi connectivity index (χ3n) is 2.84. The molecule has 0 spiro atoms. The summed E-state index contributed by atoms with van der Waals surface area (Å²) in [5.41, 5.74) is 1.06. The Kier molecular flexibility index (Phi) is 3.82. The molecular weight excluding hydrogens is 241 g/mol. The van der Waals surface area contributed by atoms with Gasteiger partial charge in [-0.1, -0.05) is 32.0 Å². The van der Waals surface area contributed by atoms with Crippen LogP contribution in [0.1, 0.15) is 30.9 Å². The highest BCUT2D eigenvalue weighted by molar-refractivity contribution is 5.46. The van der Waals surface area contributed by atoms with E-state index in [4.69, 9.17) is 10.00 Å². The van der Waals surface area contributed by atoms with Crippen molar-refractivity contribution in [3.63, 3.8) is 0 Å². The first-order valence-corrected chi connectivity index (χ1v) is 6.08. The summed E-state index contributed by atoms with van der Waals surface area (Å²) in [7, 11) is 0. The fourth-order valence-corrected chi connectivity index (χ4v) is 1.76. The van der Waals surface area contributed by atoms with Gasteiger partial charge in [0, 0.05) is 0 Å². The van der Waals surface area contributed by atoms with Gasteiger partial charge in [-0.2, -0.15) is 5.26 Å². The van der Waals surface area contributed by atoms with E-state index < -0.39 is 5.82 Å². The van der Waals surface area contributed by atoms with Gasteiger partial charge in [-0.25, -0.2) is 4.39 Å². The molecule has 0 saturated heterocycles. The van der Waals surface area contributed by atoms with Crippen LogP contribution in [0, 0.1) is 17.1 Å². The number of benzene rings is 2. The summed E-state index contributed by atoms with van der Waals surface area (Å²) in [4.78, 5) is 0. The lowest BCUT2D eigenvalue weighted by Crippen LogP contribution is -1.93. The molecule has 2 rings (SSSR count). The molecule has 0 aromatic heterocycles. The Labute approximate surface area is 112 Å². The van der Waals surface area contributed by atoms with Gasteiger partial charge in [0.1, 0.15) is 28.9 Å². The smallest absolute Gasteiger partial charge is 0.148 e. The lowest BCUT2D eigenvalue weighted by molar-refractivity contribution is 0.473. The molecule has 0 bridgehead atoms. The van der Waals surface area contributed by atoms with Gasteiger partial charge in [0.15, 0.2) is 0 Å². The van der Waals surface area contributed by atoms with E-state index in [9.17, 15) is 4.39 Å². The number of ether oxygens (including phenoxy) is 1. The van der Waals surface area contributed by atoms with Crippen molar-refractivity contribution in [1.82, 2.24) is 0 Å². The molecule has 0 heterocycles. The van der Waals surface area contributed by atoms with Crippen molar-refractivity contribution >= 4 is 0 Å². The van der Waals surface area contributed by atoms with Crippen LogP contribution in [0.2, 0.25) is 0 Å². The summed E-state index contributed by atoms with van der Waals surface area (Å²) < 4.78 is 19.1. The number of nitrogens with zero attached hydrogens (tertiary/aromatic N) is 1. The van der Waals surface area contributed by atoms with Gasteiger partial charge in [-0.15, -0.1) is 0 Å². The Bertz CT molecular complexity index is 629. The Morgan fingerprint density at radius 3 is 2.58 bits per heavy atom. The second-order valence-corrected chi connectivity index (χ2v) is 4.55. The van der Waals surface area contributed by atoms with Crippen molar-refractivity contribution in [2.24, 2.45) is 0 Å². The minimum absolute atomic E-state index is 0.0718. The van der Waals surface area contributed by atoms with Gasteiger partial charge < -0.3 is 4.74 Å². The third kappa shape index (κ3) is 2.92. The van der Waals surface area contributed by atoms with Crippen LogP contribution in [0.25, 0.3) is 0 Å². The van der Waals surface area contributed by atoms with Crippen molar-refractivity contribution in [3.05, 3.63) is 59.4 Å². The van der Waals surface area contributed by atoms with Crippen molar-refractivity contribution < 1.29 is 9.13 Å². The third-order valence-corrected chi connectivity index (χ3v) is 2.84. The van der Waals surface area contributed by atoms with Gasteiger partial charge in [0.05, 0.1) is 0 Å². The Balaban J connectivity index is 2.34.